The largest absolute Gasteiger partial charge is 0.464 e. The zero-order chi connectivity index (χ0) is 16.9. The predicted octanol–water partition coefficient (Wildman–Crippen LogP) is 2.51. The summed E-state index contributed by atoms with van der Waals surface area (Å²) in [4.78, 5) is 24.1. The number of carbonyl (C=O) groups excluding carboxylic acids is 2. The van der Waals surface area contributed by atoms with Gasteiger partial charge in [0.2, 0.25) is 5.91 Å². The molecule has 3 N–H and O–H groups in total. The highest BCUT2D eigenvalue weighted by molar-refractivity contribution is 6.06. The standard InChI is InChI=1S/C19H18N2O3/c20-18(22)14(11-13-5-2-1-3-6-13)12-21-19(23)16-7-4-8-17-15(16)9-10-24-17/h1-10,14H,11-12H2,(H2,20,22)(H,21,23). The second-order valence-corrected chi connectivity index (χ2v) is 5.64. The zero-order valence-corrected chi connectivity index (χ0v) is 13.1. The number of hydrogen-bond donors (Lipinski definition) is 2. The average Bonchev–Trinajstić information content (AvgIpc) is 3.07. The van der Waals surface area contributed by atoms with Crippen molar-refractivity contribution in [2.75, 3.05) is 6.54 Å². The second-order valence-electron chi connectivity index (χ2n) is 5.64. The van der Waals surface area contributed by atoms with E-state index >= 15 is 0 Å². The van der Waals surface area contributed by atoms with Crippen LogP contribution in [0.2, 0.25) is 0 Å². The first-order valence-electron chi connectivity index (χ1n) is 7.73. The SMILES string of the molecule is NC(=O)C(CNC(=O)c1cccc2occc12)Cc1ccccc1. The molecule has 0 aliphatic carbocycles. The molecule has 0 saturated heterocycles. The summed E-state index contributed by atoms with van der Waals surface area (Å²) in [5, 5.41) is 3.55. The lowest BCUT2D eigenvalue weighted by atomic mass is 9.98. The van der Waals surface area contributed by atoms with Gasteiger partial charge in [0.15, 0.2) is 0 Å². The van der Waals surface area contributed by atoms with Crippen molar-refractivity contribution in [2.24, 2.45) is 11.7 Å². The number of nitrogens with one attached hydrogen (secondary N) is 1. The lowest BCUT2D eigenvalue weighted by Gasteiger charge is -2.14. The molecular weight excluding hydrogens is 304 g/mol. The van der Waals surface area contributed by atoms with Gasteiger partial charge in [0.05, 0.1) is 17.7 Å². The molecule has 5 nitrogen and oxygen atoms in total. The topological polar surface area (TPSA) is 85.3 Å². The van der Waals surface area contributed by atoms with Gasteiger partial charge in [-0.05, 0) is 30.2 Å². The van der Waals surface area contributed by atoms with Crippen molar-refractivity contribution in [3.8, 4) is 0 Å². The highest BCUT2D eigenvalue weighted by Gasteiger charge is 2.18. The van der Waals surface area contributed by atoms with Crippen LogP contribution in [0.1, 0.15) is 15.9 Å². The van der Waals surface area contributed by atoms with E-state index in [-0.39, 0.29) is 12.5 Å². The summed E-state index contributed by atoms with van der Waals surface area (Å²) in [6.45, 7) is 0.192. The van der Waals surface area contributed by atoms with Gasteiger partial charge in [-0.2, -0.15) is 0 Å². The first kappa shape index (κ1) is 15.8. The van der Waals surface area contributed by atoms with Crippen molar-refractivity contribution in [3.63, 3.8) is 0 Å². The van der Waals surface area contributed by atoms with Crippen LogP contribution < -0.4 is 11.1 Å². The van der Waals surface area contributed by atoms with E-state index in [9.17, 15) is 9.59 Å². The molecule has 2 aromatic carbocycles. The van der Waals surface area contributed by atoms with Gasteiger partial charge in [0.25, 0.3) is 5.91 Å². The van der Waals surface area contributed by atoms with E-state index in [1.807, 2.05) is 30.3 Å². The summed E-state index contributed by atoms with van der Waals surface area (Å²) < 4.78 is 5.30. The van der Waals surface area contributed by atoms with E-state index in [0.717, 1.165) is 10.9 Å². The monoisotopic (exact) mass is 322 g/mol. The summed E-state index contributed by atoms with van der Waals surface area (Å²) in [6.07, 6.45) is 2.04. The molecule has 1 unspecified atom stereocenters. The number of rotatable bonds is 6. The van der Waals surface area contributed by atoms with Gasteiger partial charge in [0.1, 0.15) is 5.58 Å². The molecule has 3 rings (SSSR count). The Bertz CT molecular complexity index is 855. The molecule has 1 atom stereocenters. The van der Waals surface area contributed by atoms with E-state index in [1.165, 1.54) is 0 Å². The third-order valence-electron chi connectivity index (χ3n) is 3.98. The van der Waals surface area contributed by atoms with Crippen molar-refractivity contribution in [3.05, 3.63) is 72.0 Å². The van der Waals surface area contributed by atoms with Crippen LogP contribution in [-0.4, -0.2) is 18.4 Å². The molecule has 0 bridgehead atoms. The number of primary amides is 1. The normalized spacial score (nSPS) is 12.0. The van der Waals surface area contributed by atoms with Crippen molar-refractivity contribution >= 4 is 22.8 Å². The molecular formula is C19H18N2O3. The van der Waals surface area contributed by atoms with Crippen molar-refractivity contribution < 1.29 is 14.0 Å². The molecule has 1 aromatic heterocycles. The second kappa shape index (κ2) is 7.00. The van der Waals surface area contributed by atoms with E-state index in [4.69, 9.17) is 10.2 Å². The molecule has 5 heteroatoms. The van der Waals surface area contributed by atoms with Gasteiger partial charge in [-0.25, -0.2) is 0 Å². The molecule has 3 aromatic rings. The molecule has 0 aliphatic rings. The third kappa shape index (κ3) is 3.46. The van der Waals surface area contributed by atoms with Gasteiger partial charge in [-0.1, -0.05) is 36.4 Å². The highest BCUT2D eigenvalue weighted by Crippen LogP contribution is 2.19. The maximum absolute atomic E-state index is 12.4. The number of nitrogens with two attached hydrogens (primary N) is 1. The van der Waals surface area contributed by atoms with E-state index < -0.39 is 11.8 Å². The number of carbonyl (C=O) groups is 2. The van der Waals surface area contributed by atoms with Crippen LogP contribution in [0, 0.1) is 5.92 Å². The predicted molar refractivity (Wildman–Crippen MR) is 91.4 cm³/mol. The smallest absolute Gasteiger partial charge is 0.252 e. The van der Waals surface area contributed by atoms with E-state index in [2.05, 4.69) is 5.32 Å². The molecule has 24 heavy (non-hydrogen) atoms. The van der Waals surface area contributed by atoms with Crippen LogP contribution in [0.5, 0.6) is 0 Å². The van der Waals surface area contributed by atoms with Crippen molar-refractivity contribution in [1.29, 1.82) is 0 Å². The fourth-order valence-corrected chi connectivity index (χ4v) is 2.68. The van der Waals surface area contributed by atoms with Gasteiger partial charge in [-0.15, -0.1) is 0 Å². The molecule has 2 amide bonds. The fraction of sp³-hybridized carbons (Fsp3) is 0.158. The summed E-state index contributed by atoms with van der Waals surface area (Å²) >= 11 is 0. The third-order valence-corrected chi connectivity index (χ3v) is 3.98. The van der Waals surface area contributed by atoms with Crippen LogP contribution in [-0.2, 0) is 11.2 Å². The van der Waals surface area contributed by atoms with Gasteiger partial charge < -0.3 is 15.5 Å². The fourth-order valence-electron chi connectivity index (χ4n) is 2.68. The molecule has 1 heterocycles. The molecule has 0 saturated carbocycles. The molecule has 0 radical (unpaired) electrons. The van der Waals surface area contributed by atoms with Crippen molar-refractivity contribution in [1.82, 2.24) is 5.32 Å². The summed E-state index contributed by atoms with van der Waals surface area (Å²) in [7, 11) is 0. The minimum Gasteiger partial charge on any atom is -0.464 e. The van der Waals surface area contributed by atoms with E-state index in [0.29, 0.717) is 17.6 Å². The summed E-state index contributed by atoms with van der Waals surface area (Å²) in [5.41, 5.74) is 7.65. The summed E-state index contributed by atoms with van der Waals surface area (Å²) in [5.74, 6) is -1.14. The Hall–Kier alpha value is -3.08. The number of amides is 2. The first-order chi connectivity index (χ1) is 11.6. The number of fused-ring (bicyclic) bond motifs is 1. The minimum atomic E-state index is -0.458. The first-order valence-corrected chi connectivity index (χ1v) is 7.73. The summed E-state index contributed by atoms with van der Waals surface area (Å²) in [6, 6.07) is 16.6. The van der Waals surface area contributed by atoms with Crippen LogP contribution >= 0.6 is 0 Å². The molecule has 0 fully saturated rings. The Morgan fingerprint density at radius 2 is 1.83 bits per heavy atom. The maximum Gasteiger partial charge on any atom is 0.252 e. The number of hydrogen-bond acceptors (Lipinski definition) is 3. The van der Waals surface area contributed by atoms with Crippen LogP contribution in [0.15, 0.2) is 65.3 Å². The highest BCUT2D eigenvalue weighted by atomic mass is 16.3. The molecule has 0 aliphatic heterocycles. The van der Waals surface area contributed by atoms with Crippen LogP contribution in [0.25, 0.3) is 11.0 Å². The average molecular weight is 322 g/mol. The number of benzene rings is 2. The quantitative estimate of drug-likeness (QED) is 0.731. The Labute approximate surface area is 139 Å². The zero-order valence-electron chi connectivity index (χ0n) is 13.1. The lowest BCUT2D eigenvalue weighted by Crippen LogP contribution is -2.37. The Morgan fingerprint density at radius 3 is 2.58 bits per heavy atom. The Kier molecular flexibility index (Phi) is 4.61. The van der Waals surface area contributed by atoms with Crippen LogP contribution in [0.4, 0.5) is 0 Å². The van der Waals surface area contributed by atoms with Gasteiger partial charge >= 0.3 is 0 Å². The number of furan rings is 1. The minimum absolute atomic E-state index is 0.192. The Balaban J connectivity index is 1.69. The Morgan fingerprint density at radius 1 is 1.04 bits per heavy atom. The van der Waals surface area contributed by atoms with Crippen molar-refractivity contribution in [2.45, 2.75) is 6.42 Å². The molecule has 122 valence electrons. The van der Waals surface area contributed by atoms with Gasteiger partial charge in [0, 0.05) is 11.9 Å². The van der Waals surface area contributed by atoms with Crippen LogP contribution in [0.3, 0.4) is 0 Å². The van der Waals surface area contributed by atoms with Gasteiger partial charge in [-0.3, -0.25) is 9.59 Å². The lowest BCUT2D eigenvalue weighted by molar-refractivity contribution is -0.121. The maximum atomic E-state index is 12.4. The van der Waals surface area contributed by atoms with E-state index in [1.54, 1.807) is 30.5 Å². The molecule has 0 spiro atoms.